The van der Waals surface area contributed by atoms with Crippen molar-refractivity contribution in [3.63, 3.8) is 0 Å². The number of hydrogen-bond donors (Lipinski definition) is 0. The minimum Gasteiger partial charge on any atom is -0.373 e. The van der Waals surface area contributed by atoms with Crippen LogP contribution in [0.5, 0.6) is 0 Å². The van der Waals surface area contributed by atoms with Gasteiger partial charge in [0.15, 0.2) is 0 Å². The number of carbonyl (C=O) groups is 1. The third-order valence-electron chi connectivity index (χ3n) is 6.56. The Kier molecular flexibility index (Phi) is 6.27. The van der Waals surface area contributed by atoms with Crippen LogP contribution < -0.4 is 0 Å². The number of ether oxygens (including phenoxy) is 1. The lowest BCUT2D eigenvalue weighted by atomic mass is 10.0. The molecule has 5 heterocycles. The van der Waals surface area contributed by atoms with Crippen molar-refractivity contribution in [2.75, 3.05) is 26.2 Å². The number of morpholine rings is 1. The molecule has 2 aliphatic heterocycles. The zero-order valence-electron chi connectivity index (χ0n) is 19.3. The van der Waals surface area contributed by atoms with E-state index in [-0.39, 0.29) is 18.1 Å². The molecule has 0 aromatic carbocycles. The Hall–Kier alpha value is -2.62. The lowest BCUT2D eigenvalue weighted by molar-refractivity contribution is -0.0856. The Balaban J connectivity index is 1.27. The lowest BCUT2D eigenvalue weighted by Crippen LogP contribution is -2.53. The van der Waals surface area contributed by atoms with E-state index < -0.39 is 0 Å². The smallest absolute Gasteiger partial charge is 0.257 e. The fourth-order valence-electron chi connectivity index (χ4n) is 4.95. The van der Waals surface area contributed by atoms with Gasteiger partial charge >= 0.3 is 0 Å². The van der Waals surface area contributed by atoms with Gasteiger partial charge in [-0.2, -0.15) is 5.10 Å². The fourth-order valence-corrected chi connectivity index (χ4v) is 5.65. The van der Waals surface area contributed by atoms with Crippen LogP contribution in [0.3, 0.4) is 0 Å². The fraction of sp³-hybridized carbons (Fsp3) is 0.500. The topological polar surface area (TPSA) is 76.4 Å². The average molecular weight is 467 g/mol. The molecular weight excluding hydrogens is 436 g/mol. The quantitative estimate of drug-likeness (QED) is 0.587. The zero-order valence-corrected chi connectivity index (χ0v) is 20.2. The number of aromatic nitrogens is 4. The third kappa shape index (κ3) is 4.58. The first kappa shape index (κ1) is 22.2. The molecule has 2 fully saturated rings. The molecule has 33 heavy (non-hydrogen) atoms. The Labute approximate surface area is 198 Å². The summed E-state index contributed by atoms with van der Waals surface area (Å²) in [5.74, 6) is 0.516. The highest BCUT2D eigenvalue weighted by Crippen LogP contribution is 2.25. The van der Waals surface area contributed by atoms with Crippen molar-refractivity contribution in [2.45, 2.75) is 51.9 Å². The molecule has 0 aliphatic carbocycles. The second-order valence-corrected chi connectivity index (χ2v) is 9.96. The van der Waals surface area contributed by atoms with E-state index in [0.29, 0.717) is 17.6 Å². The predicted molar refractivity (Wildman–Crippen MR) is 128 cm³/mol. The monoisotopic (exact) mass is 466 g/mol. The number of carbonyl (C=O) groups excluding carboxylic acids is 1. The Morgan fingerprint density at radius 3 is 2.61 bits per heavy atom. The maximum absolute atomic E-state index is 13.3. The van der Waals surface area contributed by atoms with Crippen molar-refractivity contribution in [3.05, 3.63) is 47.2 Å². The largest absolute Gasteiger partial charge is 0.373 e. The summed E-state index contributed by atoms with van der Waals surface area (Å²) < 4.78 is 7.54. The van der Waals surface area contributed by atoms with Crippen molar-refractivity contribution in [3.8, 4) is 16.5 Å². The standard InChI is InChI=1S/C24H30N6O2S/c1-16-14-29(15-17(2)32-16)19-7-10-28(11-8-19)23(31)20-13-26-30(18(20)3)24-25-9-6-21(27-24)22-5-4-12-33-22/h4-6,9,12-13,16-17,19H,7-8,10-11,14-15H2,1-3H3/t16-,17+. The minimum atomic E-state index is 0.0373. The minimum absolute atomic E-state index is 0.0373. The highest BCUT2D eigenvalue weighted by Gasteiger charge is 2.32. The van der Waals surface area contributed by atoms with Crippen LogP contribution in [-0.4, -0.2) is 79.9 Å². The molecule has 9 heteroatoms. The first-order valence-corrected chi connectivity index (χ1v) is 12.5. The molecule has 174 valence electrons. The zero-order chi connectivity index (χ0) is 22.9. The van der Waals surface area contributed by atoms with E-state index >= 15 is 0 Å². The summed E-state index contributed by atoms with van der Waals surface area (Å²) in [4.78, 5) is 27.9. The van der Waals surface area contributed by atoms with Gasteiger partial charge in [0, 0.05) is 38.4 Å². The molecule has 3 aromatic rings. The molecule has 3 aromatic heterocycles. The Morgan fingerprint density at radius 1 is 1.15 bits per heavy atom. The third-order valence-corrected chi connectivity index (χ3v) is 7.45. The van der Waals surface area contributed by atoms with Gasteiger partial charge in [-0.1, -0.05) is 6.07 Å². The maximum atomic E-state index is 13.3. The lowest BCUT2D eigenvalue weighted by Gasteiger charge is -2.43. The van der Waals surface area contributed by atoms with Crippen LogP contribution in [0, 0.1) is 6.92 Å². The summed E-state index contributed by atoms with van der Waals surface area (Å²) in [7, 11) is 0. The van der Waals surface area contributed by atoms with Crippen molar-refractivity contribution >= 4 is 17.2 Å². The van der Waals surface area contributed by atoms with Gasteiger partial charge in [-0.25, -0.2) is 14.6 Å². The van der Waals surface area contributed by atoms with E-state index in [4.69, 9.17) is 4.74 Å². The number of piperidine rings is 1. The second-order valence-electron chi connectivity index (χ2n) is 9.01. The average Bonchev–Trinajstić information content (AvgIpc) is 3.48. The molecule has 0 bridgehead atoms. The molecule has 0 N–H and O–H groups in total. The maximum Gasteiger partial charge on any atom is 0.257 e. The molecule has 0 radical (unpaired) electrons. The predicted octanol–water partition coefficient (Wildman–Crippen LogP) is 3.41. The number of hydrogen-bond acceptors (Lipinski definition) is 7. The van der Waals surface area contributed by atoms with Crippen LogP contribution in [0.25, 0.3) is 16.5 Å². The van der Waals surface area contributed by atoms with Gasteiger partial charge in [-0.3, -0.25) is 9.69 Å². The SMILES string of the molecule is Cc1c(C(=O)N2CCC(N3C[C@@H](C)O[C@@H](C)C3)CC2)cnn1-c1nccc(-c2cccs2)n1. The number of likely N-dealkylation sites (tertiary alicyclic amines) is 1. The first-order valence-electron chi connectivity index (χ1n) is 11.6. The number of rotatable bonds is 4. The summed E-state index contributed by atoms with van der Waals surface area (Å²) >= 11 is 1.63. The molecule has 2 atom stereocenters. The van der Waals surface area contributed by atoms with E-state index in [1.54, 1.807) is 28.4 Å². The van der Waals surface area contributed by atoms with Gasteiger partial charge < -0.3 is 9.64 Å². The van der Waals surface area contributed by atoms with E-state index in [0.717, 1.165) is 55.3 Å². The Morgan fingerprint density at radius 2 is 1.91 bits per heavy atom. The van der Waals surface area contributed by atoms with Gasteiger partial charge in [-0.05, 0) is 51.1 Å². The highest BCUT2D eigenvalue weighted by molar-refractivity contribution is 7.13. The van der Waals surface area contributed by atoms with Crippen molar-refractivity contribution in [1.82, 2.24) is 29.5 Å². The van der Waals surface area contributed by atoms with Gasteiger partial charge in [0.05, 0.1) is 40.2 Å². The summed E-state index contributed by atoms with van der Waals surface area (Å²) in [5.41, 5.74) is 2.24. The van der Waals surface area contributed by atoms with E-state index in [1.807, 2.05) is 35.4 Å². The van der Waals surface area contributed by atoms with Crippen molar-refractivity contribution in [2.24, 2.45) is 0 Å². The van der Waals surface area contributed by atoms with Crippen LogP contribution in [-0.2, 0) is 4.74 Å². The molecule has 5 rings (SSSR count). The van der Waals surface area contributed by atoms with Gasteiger partial charge in [0.2, 0.25) is 0 Å². The van der Waals surface area contributed by atoms with E-state index in [9.17, 15) is 4.79 Å². The Bertz CT molecular complexity index is 1100. The molecule has 8 nitrogen and oxygen atoms in total. The van der Waals surface area contributed by atoms with Crippen molar-refractivity contribution < 1.29 is 9.53 Å². The van der Waals surface area contributed by atoms with Crippen molar-refractivity contribution in [1.29, 1.82) is 0 Å². The van der Waals surface area contributed by atoms with E-state index in [2.05, 4.69) is 33.8 Å². The highest BCUT2D eigenvalue weighted by atomic mass is 32.1. The molecule has 0 saturated carbocycles. The van der Waals surface area contributed by atoms with Crippen LogP contribution in [0.4, 0.5) is 0 Å². The van der Waals surface area contributed by atoms with Gasteiger partial charge in [0.25, 0.3) is 11.9 Å². The second kappa shape index (κ2) is 9.32. The summed E-state index contributed by atoms with van der Waals surface area (Å²) in [6.07, 6.45) is 5.90. The molecule has 2 aliphatic rings. The molecule has 2 saturated heterocycles. The molecule has 0 unspecified atom stereocenters. The number of amides is 1. The van der Waals surface area contributed by atoms with Crippen LogP contribution >= 0.6 is 11.3 Å². The van der Waals surface area contributed by atoms with Gasteiger partial charge in [0.1, 0.15) is 0 Å². The van der Waals surface area contributed by atoms with Crippen LogP contribution in [0.15, 0.2) is 36.0 Å². The molecule has 0 spiro atoms. The summed E-state index contributed by atoms with van der Waals surface area (Å²) in [6, 6.07) is 6.44. The van der Waals surface area contributed by atoms with E-state index in [1.165, 1.54) is 0 Å². The van der Waals surface area contributed by atoms with Gasteiger partial charge in [-0.15, -0.1) is 11.3 Å². The normalized spacial score (nSPS) is 22.6. The molecule has 1 amide bonds. The number of thiophene rings is 1. The number of nitrogens with zero attached hydrogens (tertiary/aromatic N) is 6. The first-order chi connectivity index (χ1) is 16.0. The van der Waals surface area contributed by atoms with Crippen LogP contribution in [0.1, 0.15) is 42.7 Å². The summed E-state index contributed by atoms with van der Waals surface area (Å²) in [6.45, 7) is 9.66. The molecular formula is C24H30N6O2S. The van der Waals surface area contributed by atoms with Crippen LogP contribution in [0.2, 0.25) is 0 Å². The summed E-state index contributed by atoms with van der Waals surface area (Å²) in [5, 5.41) is 6.48.